The third-order valence-corrected chi connectivity index (χ3v) is 10.1. The maximum absolute atomic E-state index is 14.0. The van der Waals surface area contributed by atoms with Crippen LogP contribution in [0.5, 0.6) is 0 Å². The predicted octanol–water partition coefficient (Wildman–Crippen LogP) is 8.52. The first-order valence-corrected chi connectivity index (χ1v) is 16.4. The molecule has 1 heterocycles. The molecule has 7 nitrogen and oxygen atoms in total. The van der Waals surface area contributed by atoms with Gasteiger partial charge in [-0.3, -0.25) is 9.10 Å². The Labute approximate surface area is 277 Å². The summed E-state index contributed by atoms with van der Waals surface area (Å²) in [6.45, 7) is 5.69. The van der Waals surface area contributed by atoms with E-state index in [1.54, 1.807) is 78.9 Å². The largest absolute Gasteiger partial charge is 0.316 e. The third-order valence-electron chi connectivity index (χ3n) is 7.28. The average molecular weight is 680 g/mol. The van der Waals surface area contributed by atoms with Gasteiger partial charge >= 0.3 is 0 Å². The molecule has 1 aromatic heterocycles. The van der Waals surface area contributed by atoms with Crippen LogP contribution >= 0.6 is 34.8 Å². The monoisotopic (exact) mass is 678 g/mol. The molecule has 1 N–H and O–H groups in total. The molecule has 0 bridgehead atoms. The minimum absolute atomic E-state index is 0.0288. The van der Waals surface area contributed by atoms with Crippen LogP contribution in [-0.4, -0.2) is 25.1 Å². The molecule has 0 aliphatic carbocycles. The summed E-state index contributed by atoms with van der Waals surface area (Å²) in [5.41, 5.74) is 7.74. The van der Waals surface area contributed by atoms with Gasteiger partial charge in [-0.05, 0) is 80.9 Å². The first-order valence-electron chi connectivity index (χ1n) is 13.9. The van der Waals surface area contributed by atoms with E-state index in [9.17, 15) is 13.2 Å². The van der Waals surface area contributed by atoms with Crippen LogP contribution in [0.25, 0.3) is 5.69 Å². The second-order valence-corrected chi connectivity index (χ2v) is 13.5. The fourth-order valence-corrected chi connectivity index (χ4v) is 6.93. The van der Waals surface area contributed by atoms with Crippen LogP contribution in [0.2, 0.25) is 15.1 Å². The molecule has 5 rings (SSSR count). The second kappa shape index (κ2) is 13.5. The lowest BCUT2D eigenvalue weighted by atomic mass is 10.1. The summed E-state index contributed by atoms with van der Waals surface area (Å²) in [6, 6.07) is 27.3. The molecule has 1 amide bonds. The molecule has 0 aliphatic heterocycles. The fraction of sp³-hybridized carbons (Fsp3) is 0.118. The van der Waals surface area contributed by atoms with Crippen LogP contribution in [-0.2, 0) is 16.6 Å². The van der Waals surface area contributed by atoms with Crippen molar-refractivity contribution in [2.75, 3.05) is 4.31 Å². The van der Waals surface area contributed by atoms with Crippen molar-refractivity contribution in [1.29, 1.82) is 0 Å². The van der Waals surface area contributed by atoms with E-state index < -0.39 is 15.9 Å². The van der Waals surface area contributed by atoms with Crippen molar-refractivity contribution in [3.63, 3.8) is 0 Å². The van der Waals surface area contributed by atoms with Gasteiger partial charge in [0.05, 0.1) is 44.6 Å². The topological polar surface area (TPSA) is 83.8 Å². The average Bonchev–Trinajstić information content (AvgIpc) is 3.30. The van der Waals surface area contributed by atoms with Gasteiger partial charge in [0, 0.05) is 22.0 Å². The summed E-state index contributed by atoms with van der Waals surface area (Å²) in [5.74, 6) is -0.575. The maximum atomic E-state index is 14.0. The van der Waals surface area contributed by atoms with Gasteiger partial charge in [-0.15, -0.1) is 0 Å². The minimum Gasteiger partial charge on any atom is -0.316 e. The number of carbonyl (C=O) groups is 1. The third kappa shape index (κ3) is 6.94. The number of rotatable bonds is 9. The summed E-state index contributed by atoms with van der Waals surface area (Å²) in [4.78, 5) is 13.6. The summed E-state index contributed by atoms with van der Waals surface area (Å²) in [7, 11) is -4.08. The predicted molar refractivity (Wildman–Crippen MR) is 183 cm³/mol. The van der Waals surface area contributed by atoms with Crippen LogP contribution in [0.3, 0.4) is 0 Å². The molecule has 0 fully saturated rings. The number of aryl methyl sites for hydroxylation is 2. The van der Waals surface area contributed by atoms with Crippen molar-refractivity contribution in [2.24, 2.45) is 5.10 Å². The number of benzene rings is 4. The molecule has 0 saturated heterocycles. The van der Waals surface area contributed by atoms with Crippen LogP contribution < -0.4 is 9.73 Å². The Balaban J connectivity index is 1.47. The molecule has 11 heteroatoms. The van der Waals surface area contributed by atoms with Gasteiger partial charge in [0.2, 0.25) is 0 Å². The lowest BCUT2D eigenvalue weighted by Crippen LogP contribution is -2.33. The molecule has 0 radical (unpaired) electrons. The quantitative estimate of drug-likeness (QED) is 0.125. The SMILES string of the molecule is Cc1ccc(S(=O)(=O)N(Cc2ccc(Cl)cc2)c2ccccc2C(=O)N/N=C\c2cc(C)n(-c3cccc(Cl)c3Cl)c2C)cc1. The minimum atomic E-state index is -4.08. The van der Waals surface area contributed by atoms with E-state index in [0.29, 0.717) is 20.6 Å². The van der Waals surface area contributed by atoms with Crippen LogP contribution in [0.4, 0.5) is 5.69 Å². The Morgan fingerprint density at radius 3 is 2.29 bits per heavy atom. The van der Waals surface area contributed by atoms with Gasteiger partial charge in [-0.1, -0.05) is 82.8 Å². The van der Waals surface area contributed by atoms with Gasteiger partial charge in [-0.25, -0.2) is 13.8 Å². The number of amides is 1. The number of hydrazone groups is 1. The van der Waals surface area contributed by atoms with Crippen molar-refractivity contribution in [3.8, 4) is 5.69 Å². The van der Waals surface area contributed by atoms with Crippen LogP contribution in [0.1, 0.15) is 38.4 Å². The lowest BCUT2D eigenvalue weighted by Gasteiger charge is -2.26. The summed E-state index contributed by atoms with van der Waals surface area (Å²) >= 11 is 18.8. The molecule has 45 heavy (non-hydrogen) atoms. The lowest BCUT2D eigenvalue weighted by molar-refractivity contribution is 0.0955. The molecular formula is C34H29Cl3N4O3S. The number of carbonyl (C=O) groups excluding carboxylic acids is 1. The van der Waals surface area contributed by atoms with Gasteiger partial charge in [0.25, 0.3) is 15.9 Å². The van der Waals surface area contributed by atoms with E-state index >= 15 is 0 Å². The van der Waals surface area contributed by atoms with E-state index in [-0.39, 0.29) is 22.7 Å². The number of nitrogens with one attached hydrogen (secondary N) is 1. The normalized spacial score (nSPS) is 11.6. The van der Waals surface area contributed by atoms with E-state index in [1.165, 1.54) is 10.5 Å². The highest BCUT2D eigenvalue weighted by Gasteiger charge is 2.28. The Morgan fingerprint density at radius 1 is 0.889 bits per heavy atom. The van der Waals surface area contributed by atoms with Crippen LogP contribution in [0, 0.1) is 20.8 Å². The highest BCUT2D eigenvalue weighted by atomic mass is 35.5. The van der Waals surface area contributed by atoms with E-state index in [1.807, 2.05) is 43.5 Å². The summed E-state index contributed by atoms with van der Waals surface area (Å²) in [6.07, 6.45) is 1.53. The number of aromatic nitrogens is 1. The van der Waals surface area contributed by atoms with Crippen molar-refractivity contribution < 1.29 is 13.2 Å². The number of nitrogens with zero attached hydrogens (tertiary/aromatic N) is 3. The Hall–Kier alpha value is -4.08. The van der Waals surface area contributed by atoms with Crippen molar-refractivity contribution in [1.82, 2.24) is 9.99 Å². The first kappa shape index (κ1) is 32.3. The molecule has 0 spiro atoms. The first-order chi connectivity index (χ1) is 21.5. The van der Waals surface area contributed by atoms with E-state index in [4.69, 9.17) is 34.8 Å². The van der Waals surface area contributed by atoms with Gasteiger partial charge in [-0.2, -0.15) is 5.10 Å². The number of hydrogen-bond donors (Lipinski definition) is 1. The number of sulfonamides is 1. The zero-order valence-corrected chi connectivity index (χ0v) is 27.7. The summed E-state index contributed by atoms with van der Waals surface area (Å²) in [5, 5.41) is 5.61. The highest BCUT2D eigenvalue weighted by Crippen LogP contribution is 2.32. The smallest absolute Gasteiger partial charge is 0.273 e. The second-order valence-electron chi connectivity index (χ2n) is 10.4. The zero-order valence-electron chi connectivity index (χ0n) is 24.6. The van der Waals surface area contributed by atoms with Gasteiger partial charge in [0.15, 0.2) is 0 Å². The zero-order chi connectivity index (χ0) is 32.3. The molecule has 0 saturated carbocycles. The van der Waals surface area contributed by atoms with Crippen LogP contribution in [0.15, 0.2) is 107 Å². The Morgan fingerprint density at radius 2 is 1.58 bits per heavy atom. The van der Waals surface area contributed by atoms with Crippen molar-refractivity contribution >= 4 is 62.6 Å². The van der Waals surface area contributed by atoms with Gasteiger partial charge < -0.3 is 4.57 Å². The molecule has 0 aliphatic rings. The molecule has 5 aromatic rings. The standard InChI is InChI=1S/C34H29Cl3N4O3S/c1-22-11-17-28(18-12-22)45(43,44)40(21-25-13-15-27(35)16-14-25)31-9-5-4-7-29(31)34(42)39-38-20-26-19-23(2)41(24(26)3)32-10-6-8-30(36)33(32)37/h4-20H,21H2,1-3H3,(H,39,42)/b38-20-. The number of anilines is 1. The van der Waals surface area contributed by atoms with E-state index in [2.05, 4.69) is 10.5 Å². The molecule has 0 unspecified atom stereocenters. The maximum Gasteiger partial charge on any atom is 0.273 e. The fourth-order valence-electron chi connectivity index (χ4n) is 4.95. The van der Waals surface area contributed by atoms with E-state index in [0.717, 1.165) is 28.2 Å². The molecule has 4 aromatic carbocycles. The van der Waals surface area contributed by atoms with Crippen molar-refractivity contribution in [3.05, 3.63) is 146 Å². The summed E-state index contributed by atoms with van der Waals surface area (Å²) < 4.78 is 31.3. The number of halogens is 3. The van der Waals surface area contributed by atoms with Crippen molar-refractivity contribution in [2.45, 2.75) is 32.2 Å². The number of para-hydroxylation sites is 1. The highest BCUT2D eigenvalue weighted by molar-refractivity contribution is 7.92. The number of hydrogen-bond acceptors (Lipinski definition) is 4. The molecule has 0 atom stereocenters. The molecular weight excluding hydrogens is 651 g/mol. The Bertz CT molecular complexity index is 2010. The Kier molecular flexibility index (Phi) is 9.70. The van der Waals surface area contributed by atoms with Gasteiger partial charge in [0.1, 0.15) is 0 Å². The molecule has 230 valence electrons.